The molecule has 0 saturated heterocycles. The second-order valence-electron chi connectivity index (χ2n) is 6.11. The number of para-hydroxylation sites is 2. The monoisotopic (exact) mass is 343 g/mol. The first kappa shape index (κ1) is 17.0. The van der Waals surface area contributed by atoms with Crippen LogP contribution in [0.1, 0.15) is 42.6 Å². The maximum atomic E-state index is 12.5. The van der Waals surface area contributed by atoms with Gasteiger partial charge in [-0.2, -0.15) is 9.78 Å². The zero-order valence-electron chi connectivity index (χ0n) is 14.1. The average Bonchev–Trinajstić information content (AvgIpc) is 2.62. The Bertz CT molecular complexity index is 825. The molecule has 1 fully saturated rings. The second-order valence-corrected chi connectivity index (χ2v) is 6.11. The molecule has 0 radical (unpaired) electrons. The van der Waals surface area contributed by atoms with Crippen LogP contribution in [0.5, 0.6) is 11.5 Å². The van der Waals surface area contributed by atoms with E-state index >= 15 is 0 Å². The van der Waals surface area contributed by atoms with Crippen molar-refractivity contribution in [2.45, 2.75) is 38.1 Å². The summed E-state index contributed by atoms with van der Waals surface area (Å²) in [7, 11) is 1.49. The minimum atomic E-state index is -0.545. The Morgan fingerprint density at radius 3 is 2.72 bits per heavy atom. The smallest absolute Gasteiger partial charge is 0.275 e. The van der Waals surface area contributed by atoms with Gasteiger partial charge in [0, 0.05) is 12.1 Å². The van der Waals surface area contributed by atoms with Gasteiger partial charge < -0.3 is 15.2 Å². The highest BCUT2D eigenvalue weighted by molar-refractivity contribution is 5.94. The predicted molar refractivity (Wildman–Crippen MR) is 92.4 cm³/mol. The molecule has 1 heterocycles. The van der Waals surface area contributed by atoms with Gasteiger partial charge in [0.25, 0.3) is 11.5 Å². The van der Waals surface area contributed by atoms with E-state index in [0.29, 0.717) is 11.4 Å². The Hall–Kier alpha value is -2.83. The van der Waals surface area contributed by atoms with Gasteiger partial charge in [0.2, 0.25) is 0 Å². The number of nitrogens with zero attached hydrogens (tertiary/aromatic N) is 2. The number of hydrogen-bond donors (Lipinski definition) is 2. The molecule has 0 spiro atoms. The number of hydrogen-bond acceptors (Lipinski definition) is 5. The molecule has 1 aromatic carbocycles. The maximum absolute atomic E-state index is 12.5. The van der Waals surface area contributed by atoms with E-state index in [-0.39, 0.29) is 11.7 Å². The van der Waals surface area contributed by atoms with Gasteiger partial charge in [0.15, 0.2) is 11.4 Å². The summed E-state index contributed by atoms with van der Waals surface area (Å²) in [5.41, 5.74) is -0.311. The van der Waals surface area contributed by atoms with E-state index < -0.39 is 17.2 Å². The molecule has 0 atom stereocenters. The molecule has 7 heteroatoms. The van der Waals surface area contributed by atoms with Crippen molar-refractivity contribution in [2.24, 2.45) is 0 Å². The van der Waals surface area contributed by atoms with E-state index in [2.05, 4.69) is 10.4 Å². The zero-order valence-corrected chi connectivity index (χ0v) is 14.1. The Balaban J connectivity index is 1.95. The third-order valence-corrected chi connectivity index (χ3v) is 4.38. The zero-order chi connectivity index (χ0) is 17.8. The van der Waals surface area contributed by atoms with E-state index in [9.17, 15) is 14.7 Å². The lowest BCUT2D eigenvalue weighted by molar-refractivity contribution is 0.0917. The predicted octanol–water partition coefficient (Wildman–Crippen LogP) is 2.01. The molecule has 2 N–H and O–H groups in total. The van der Waals surface area contributed by atoms with Gasteiger partial charge in [-0.3, -0.25) is 9.59 Å². The van der Waals surface area contributed by atoms with Crippen molar-refractivity contribution < 1.29 is 14.6 Å². The number of aromatic hydroxyl groups is 1. The van der Waals surface area contributed by atoms with E-state index in [0.717, 1.165) is 36.4 Å². The van der Waals surface area contributed by atoms with E-state index in [1.165, 1.54) is 13.5 Å². The number of carbonyl (C=O) groups is 1. The average molecular weight is 343 g/mol. The standard InChI is InChI=1S/C18H21N3O4/c1-25-15-10-6-5-9-13(15)21-16(23)11-14(22)17(20-21)18(24)19-12-7-3-2-4-8-12/h5-6,9-12,22H,2-4,7-8H2,1H3,(H,19,24). The van der Waals surface area contributed by atoms with Gasteiger partial charge in [-0.05, 0) is 25.0 Å². The minimum Gasteiger partial charge on any atom is -0.505 e. The fourth-order valence-electron chi connectivity index (χ4n) is 3.09. The van der Waals surface area contributed by atoms with Gasteiger partial charge in [-0.1, -0.05) is 31.4 Å². The van der Waals surface area contributed by atoms with Crippen molar-refractivity contribution in [3.63, 3.8) is 0 Å². The van der Waals surface area contributed by atoms with Gasteiger partial charge in [0.1, 0.15) is 11.4 Å². The van der Waals surface area contributed by atoms with Gasteiger partial charge in [0.05, 0.1) is 7.11 Å². The molecular formula is C18H21N3O4. The summed E-state index contributed by atoms with van der Waals surface area (Å²) in [6, 6.07) is 7.93. The first-order valence-electron chi connectivity index (χ1n) is 8.37. The first-order chi connectivity index (χ1) is 12.1. The van der Waals surface area contributed by atoms with E-state index in [1.807, 2.05) is 0 Å². The van der Waals surface area contributed by atoms with Crippen LogP contribution in [0.25, 0.3) is 5.69 Å². The number of benzene rings is 1. The molecule has 1 amide bonds. The van der Waals surface area contributed by atoms with Crippen LogP contribution in [0.2, 0.25) is 0 Å². The van der Waals surface area contributed by atoms with Crippen LogP contribution in [-0.4, -0.2) is 33.9 Å². The molecule has 2 aromatic rings. The summed E-state index contributed by atoms with van der Waals surface area (Å²) in [4.78, 5) is 24.7. The summed E-state index contributed by atoms with van der Waals surface area (Å²) in [6.45, 7) is 0. The lowest BCUT2D eigenvalue weighted by Gasteiger charge is -2.22. The lowest BCUT2D eigenvalue weighted by Crippen LogP contribution is -2.37. The van der Waals surface area contributed by atoms with Gasteiger partial charge in [-0.15, -0.1) is 0 Å². The van der Waals surface area contributed by atoms with Crippen molar-refractivity contribution in [1.82, 2.24) is 15.1 Å². The van der Waals surface area contributed by atoms with Crippen molar-refractivity contribution in [1.29, 1.82) is 0 Å². The summed E-state index contributed by atoms with van der Waals surface area (Å²) in [6.07, 6.45) is 5.15. The molecule has 7 nitrogen and oxygen atoms in total. The molecule has 0 bridgehead atoms. The van der Waals surface area contributed by atoms with Crippen LogP contribution in [0.3, 0.4) is 0 Å². The highest BCUT2D eigenvalue weighted by Crippen LogP contribution is 2.22. The van der Waals surface area contributed by atoms with Crippen LogP contribution < -0.4 is 15.6 Å². The number of nitrogens with one attached hydrogen (secondary N) is 1. The molecule has 1 aliphatic carbocycles. The quantitative estimate of drug-likeness (QED) is 0.886. The van der Waals surface area contributed by atoms with Crippen molar-refractivity contribution in [3.8, 4) is 17.2 Å². The van der Waals surface area contributed by atoms with Crippen LogP contribution >= 0.6 is 0 Å². The molecule has 3 rings (SSSR count). The Labute approximate surface area is 145 Å². The van der Waals surface area contributed by atoms with Crippen LogP contribution in [-0.2, 0) is 0 Å². The molecule has 0 aliphatic heterocycles. The molecule has 132 valence electrons. The number of aromatic nitrogens is 2. The van der Waals surface area contributed by atoms with E-state index in [1.54, 1.807) is 24.3 Å². The van der Waals surface area contributed by atoms with Crippen molar-refractivity contribution >= 4 is 5.91 Å². The van der Waals surface area contributed by atoms with Crippen molar-refractivity contribution in [3.05, 3.63) is 46.4 Å². The highest BCUT2D eigenvalue weighted by Gasteiger charge is 2.22. The summed E-state index contributed by atoms with van der Waals surface area (Å²) in [5, 5.41) is 17.0. The van der Waals surface area contributed by atoms with Gasteiger partial charge >= 0.3 is 0 Å². The molecule has 1 saturated carbocycles. The number of ether oxygens (including phenoxy) is 1. The fraction of sp³-hybridized carbons (Fsp3) is 0.389. The highest BCUT2D eigenvalue weighted by atomic mass is 16.5. The Kier molecular flexibility index (Phi) is 5.02. The van der Waals surface area contributed by atoms with Gasteiger partial charge in [-0.25, -0.2) is 0 Å². The molecule has 0 unspecified atom stereocenters. The largest absolute Gasteiger partial charge is 0.505 e. The van der Waals surface area contributed by atoms with Crippen LogP contribution in [0, 0.1) is 0 Å². The third kappa shape index (κ3) is 3.65. The third-order valence-electron chi connectivity index (χ3n) is 4.38. The molecule has 25 heavy (non-hydrogen) atoms. The van der Waals surface area contributed by atoms with Crippen LogP contribution in [0.4, 0.5) is 0 Å². The normalized spacial score (nSPS) is 14.9. The Morgan fingerprint density at radius 2 is 2.00 bits per heavy atom. The van der Waals surface area contributed by atoms with Crippen LogP contribution in [0.15, 0.2) is 35.1 Å². The minimum absolute atomic E-state index is 0.0779. The fourth-order valence-corrected chi connectivity index (χ4v) is 3.09. The SMILES string of the molecule is COc1ccccc1-n1nc(C(=O)NC2CCCCC2)c(O)cc1=O. The molecule has 1 aromatic heterocycles. The number of amides is 1. The molecular weight excluding hydrogens is 322 g/mol. The summed E-state index contributed by atoms with van der Waals surface area (Å²) >= 11 is 0. The number of carbonyl (C=O) groups excluding carboxylic acids is 1. The first-order valence-corrected chi connectivity index (χ1v) is 8.37. The number of rotatable bonds is 4. The topological polar surface area (TPSA) is 93.5 Å². The maximum Gasteiger partial charge on any atom is 0.275 e. The summed E-state index contributed by atoms with van der Waals surface area (Å²) in [5.74, 6) is -0.459. The second kappa shape index (κ2) is 7.38. The van der Waals surface area contributed by atoms with E-state index in [4.69, 9.17) is 4.74 Å². The molecule has 1 aliphatic rings. The number of methoxy groups -OCH3 is 1. The lowest BCUT2D eigenvalue weighted by atomic mass is 9.95. The van der Waals surface area contributed by atoms with Crippen molar-refractivity contribution in [2.75, 3.05) is 7.11 Å². The summed E-state index contributed by atoms with van der Waals surface area (Å²) < 4.78 is 6.31. The Morgan fingerprint density at radius 1 is 1.28 bits per heavy atom.